The molecular weight excluding hydrogens is 314 g/mol. The van der Waals surface area contributed by atoms with Gasteiger partial charge in [0.15, 0.2) is 5.82 Å². The number of rotatable bonds is 7. The Labute approximate surface area is 149 Å². The van der Waals surface area contributed by atoms with E-state index in [1.54, 1.807) is 0 Å². The van der Waals surface area contributed by atoms with Crippen LogP contribution >= 0.6 is 0 Å². The quantitative estimate of drug-likeness (QED) is 0.775. The molecule has 134 valence electrons. The fraction of sp³-hybridized carbons (Fsp3) is 0.550. The molecular formula is C20H27N3O2. The van der Waals surface area contributed by atoms with Gasteiger partial charge in [0.1, 0.15) is 0 Å². The summed E-state index contributed by atoms with van der Waals surface area (Å²) in [7, 11) is 1.94. The third-order valence-corrected chi connectivity index (χ3v) is 5.03. The minimum Gasteiger partial charge on any atom is -0.342 e. The molecule has 1 aromatic carbocycles. The molecule has 1 aliphatic rings. The molecule has 0 spiro atoms. The number of aromatic nitrogens is 2. The second-order valence-corrected chi connectivity index (χ2v) is 6.88. The average Bonchev–Trinajstić information content (AvgIpc) is 3.08. The van der Waals surface area contributed by atoms with E-state index in [0.717, 1.165) is 44.3 Å². The molecule has 3 rings (SSSR count). The first kappa shape index (κ1) is 17.6. The summed E-state index contributed by atoms with van der Waals surface area (Å²) < 4.78 is 5.23. The lowest BCUT2D eigenvalue weighted by atomic mass is 9.87. The number of hydrogen-bond acceptors (Lipinski definition) is 4. The largest absolute Gasteiger partial charge is 0.342 e. The number of benzene rings is 1. The SMILES string of the molecule is CCCc1noc(CCCC(=O)N(C)C2CCc3ccccc3C2)n1. The average molecular weight is 341 g/mol. The summed E-state index contributed by atoms with van der Waals surface area (Å²) in [4.78, 5) is 18.8. The highest BCUT2D eigenvalue weighted by Crippen LogP contribution is 2.24. The van der Waals surface area contributed by atoms with Crippen molar-refractivity contribution in [1.82, 2.24) is 15.0 Å². The standard InChI is InChI=1S/C20H27N3O2/c1-3-7-18-21-19(25-22-18)10-6-11-20(24)23(2)17-13-12-15-8-4-5-9-16(15)14-17/h4-5,8-9,17H,3,6-7,10-14H2,1-2H3. The number of carbonyl (C=O) groups excluding carboxylic acids is 1. The summed E-state index contributed by atoms with van der Waals surface area (Å²) >= 11 is 0. The van der Waals surface area contributed by atoms with Crippen molar-refractivity contribution in [1.29, 1.82) is 0 Å². The van der Waals surface area contributed by atoms with Gasteiger partial charge in [-0.25, -0.2) is 0 Å². The number of nitrogens with zero attached hydrogens (tertiary/aromatic N) is 3. The summed E-state index contributed by atoms with van der Waals surface area (Å²) in [5.74, 6) is 1.62. The zero-order chi connectivity index (χ0) is 17.6. The van der Waals surface area contributed by atoms with E-state index in [0.29, 0.717) is 24.8 Å². The van der Waals surface area contributed by atoms with Crippen molar-refractivity contribution < 1.29 is 9.32 Å². The van der Waals surface area contributed by atoms with E-state index in [1.807, 2.05) is 11.9 Å². The zero-order valence-electron chi connectivity index (χ0n) is 15.2. The topological polar surface area (TPSA) is 59.2 Å². The molecule has 1 heterocycles. The van der Waals surface area contributed by atoms with E-state index in [9.17, 15) is 4.79 Å². The van der Waals surface area contributed by atoms with Gasteiger partial charge in [0.05, 0.1) is 0 Å². The maximum atomic E-state index is 12.5. The lowest BCUT2D eigenvalue weighted by Gasteiger charge is -2.32. The van der Waals surface area contributed by atoms with Crippen molar-refractivity contribution in [3.05, 3.63) is 47.1 Å². The van der Waals surface area contributed by atoms with Gasteiger partial charge in [-0.2, -0.15) is 4.98 Å². The normalized spacial score (nSPS) is 16.5. The molecule has 2 aromatic rings. The molecule has 25 heavy (non-hydrogen) atoms. The fourth-order valence-electron chi connectivity index (χ4n) is 3.50. The number of amides is 1. The van der Waals surface area contributed by atoms with E-state index in [1.165, 1.54) is 11.1 Å². The van der Waals surface area contributed by atoms with E-state index in [2.05, 4.69) is 41.3 Å². The maximum Gasteiger partial charge on any atom is 0.226 e. The Bertz CT molecular complexity index is 710. The Morgan fingerprint density at radius 2 is 2.08 bits per heavy atom. The number of hydrogen-bond donors (Lipinski definition) is 0. The highest BCUT2D eigenvalue weighted by atomic mass is 16.5. The first-order valence-corrected chi connectivity index (χ1v) is 9.31. The van der Waals surface area contributed by atoms with E-state index >= 15 is 0 Å². The van der Waals surface area contributed by atoms with Gasteiger partial charge in [0.2, 0.25) is 11.8 Å². The molecule has 5 heteroatoms. The number of carbonyl (C=O) groups is 1. The number of fused-ring (bicyclic) bond motifs is 1. The van der Waals surface area contributed by atoms with Gasteiger partial charge in [0.25, 0.3) is 0 Å². The first-order chi connectivity index (χ1) is 12.2. The first-order valence-electron chi connectivity index (χ1n) is 9.31. The van der Waals surface area contributed by atoms with Gasteiger partial charge in [-0.05, 0) is 43.2 Å². The number of aryl methyl sites for hydroxylation is 3. The summed E-state index contributed by atoms with van der Waals surface area (Å²) in [6.07, 6.45) is 6.86. The summed E-state index contributed by atoms with van der Waals surface area (Å²) in [6, 6.07) is 8.87. The van der Waals surface area contributed by atoms with Crippen LogP contribution in [0.25, 0.3) is 0 Å². The van der Waals surface area contributed by atoms with Gasteiger partial charge in [-0.3, -0.25) is 4.79 Å². The second kappa shape index (κ2) is 8.28. The van der Waals surface area contributed by atoms with E-state index in [4.69, 9.17) is 4.52 Å². The van der Waals surface area contributed by atoms with Crippen LogP contribution in [-0.2, 0) is 30.5 Å². The van der Waals surface area contributed by atoms with Gasteiger partial charge in [0, 0.05) is 32.4 Å². The molecule has 0 fully saturated rings. The third kappa shape index (κ3) is 4.47. The van der Waals surface area contributed by atoms with Crippen molar-refractivity contribution in [2.75, 3.05) is 7.05 Å². The smallest absolute Gasteiger partial charge is 0.226 e. The van der Waals surface area contributed by atoms with Gasteiger partial charge >= 0.3 is 0 Å². The van der Waals surface area contributed by atoms with Gasteiger partial charge in [-0.1, -0.05) is 36.3 Å². The van der Waals surface area contributed by atoms with Crippen LogP contribution < -0.4 is 0 Å². The molecule has 0 saturated heterocycles. The Balaban J connectivity index is 1.46. The van der Waals surface area contributed by atoms with Crippen molar-refractivity contribution in [2.24, 2.45) is 0 Å². The predicted octanol–water partition coefficient (Wildman–Crippen LogP) is 3.36. The maximum absolute atomic E-state index is 12.5. The summed E-state index contributed by atoms with van der Waals surface area (Å²) in [5, 5.41) is 3.95. The summed E-state index contributed by atoms with van der Waals surface area (Å²) in [5.41, 5.74) is 2.81. The molecule has 0 radical (unpaired) electrons. The van der Waals surface area contributed by atoms with Crippen molar-refractivity contribution in [3.8, 4) is 0 Å². The lowest BCUT2D eigenvalue weighted by Crippen LogP contribution is -2.40. The lowest BCUT2D eigenvalue weighted by molar-refractivity contribution is -0.132. The molecule has 0 saturated carbocycles. The highest BCUT2D eigenvalue weighted by Gasteiger charge is 2.24. The van der Waals surface area contributed by atoms with Gasteiger partial charge in [-0.15, -0.1) is 0 Å². The Kier molecular flexibility index (Phi) is 5.84. The molecule has 1 aromatic heterocycles. The Hall–Kier alpha value is -2.17. The van der Waals surface area contributed by atoms with Crippen molar-refractivity contribution in [3.63, 3.8) is 0 Å². The fourth-order valence-corrected chi connectivity index (χ4v) is 3.50. The molecule has 5 nitrogen and oxygen atoms in total. The van der Waals surface area contributed by atoms with E-state index in [-0.39, 0.29) is 5.91 Å². The van der Waals surface area contributed by atoms with Crippen LogP contribution in [0.15, 0.2) is 28.8 Å². The van der Waals surface area contributed by atoms with Crippen LogP contribution in [0.3, 0.4) is 0 Å². The Morgan fingerprint density at radius 1 is 1.28 bits per heavy atom. The van der Waals surface area contributed by atoms with E-state index < -0.39 is 0 Å². The van der Waals surface area contributed by atoms with Gasteiger partial charge < -0.3 is 9.42 Å². The van der Waals surface area contributed by atoms with Crippen LogP contribution in [0.1, 0.15) is 55.4 Å². The molecule has 0 N–H and O–H groups in total. The monoisotopic (exact) mass is 341 g/mol. The minimum absolute atomic E-state index is 0.206. The molecule has 1 amide bonds. The molecule has 1 aliphatic carbocycles. The highest BCUT2D eigenvalue weighted by molar-refractivity contribution is 5.76. The van der Waals surface area contributed by atoms with Crippen LogP contribution in [0.5, 0.6) is 0 Å². The molecule has 1 unspecified atom stereocenters. The van der Waals surface area contributed by atoms with Crippen molar-refractivity contribution >= 4 is 5.91 Å². The summed E-state index contributed by atoms with van der Waals surface area (Å²) in [6.45, 7) is 2.09. The predicted molar refractivity (Wildman–Crippen MR) is 96.3 cm³/mol. The zero-order valence-corrected chi connectivity index (χ0v) is 15.2. The van der Waals surface area contributed by atoms with Crippen LogP contribution in [0, 0.1) is 0 Å². The van der Waals surface area contributed by atoms with Crippen LogP contribution in [0.2, 0.25) is 0 Å². The van der Waals surface area contributed by atoms with Crippen molar-refractivity contribution in [2.45, 2.75) is 64.3 Å². The molecule has 0 aliphatic heterocycles. The molecule has 0 bridgehead atoms. The van der Waals surface area contributed by atoms with Crippen LogP contribution in [0.4, 0.5) is 0 Å². The molecule has 1 atom stereocenters. The Morgan fingerprint density at radius 3 is 2.88 bits per heavy atom. The third-order valence-electron chi connectivity index (χ3n) is 5.03. The number of likely N-dealkylation sites (N-methyl/N-ethyl adjacent to an activating group) is 1. The second-order valence-electron chi connectivity index (χ2n) is 6.88. The van der Waals surface area contributed by atoms with Crippen LogP contribution in [-0.4, -0.2) is 34.0 Å². The minimum atomic E-state index is 0.206.